The Morgan fingerprint density at radius 3 is 2.39 bits per heavy atom. The highest BCUT2D eigenvalue weighted by atomic mass is 32.1. The van der Waals surface area contributed by atoms with E-state index >= 15 is 0 Å². The Morgan fingerprint density at radius 2 is 1.79 bits per heavy atom. The summed E-state index contributed by atoms with van der Waals surface area (Å²) >= 11 is 1.49. The Hall–Kier alpha value is -2.64. The number of hydrogen-bond acceptors (Lipinski definition) is 5. The molecule has 146 valence electrons. The van der Waals surface area contributed by atoms with Crippen LogP contribution in [0.1, 0.15) is 28.5 Å². The third kappa shape index (κ3) is 4.61. The highest BCUT2D eigenvalue weighted by Crippen LogP contribution is 2.25. The Kier molecular flexibility index (Phi) is 6.49. The first-order chi connectivity index (χ1) is 13.5. The molecule has 4 nitrogen and oxygen atoms in total. The quantitative estimate of drug-likeness (QED) is 0.528. The van der Waals surface area contributed by atoms with Gasteiger partial charge in [0, 0.05) is 29.6 Å². The minimum atomic E-state index is -0.539. The third-order valence-corrected chi connectivity index (χ3v) is 5.32. The summed E-state index contributed by atoms with van der Waals surface area (Å²) in [5, 5.41) is 2.75. The molecule has 7 heteroatoms. The number of hydrogen-bond donors (Lipinski definition) is 0. The standard InChI is InChI=1S/C21H20F2N2O2S/c1-3-25(12-17-18(22)5-4-6-19(17)23)11-16-13-28-20(24-16)14-7-9-15(10-8-14)21(26)27-2/h4-10,13H,3,11-12H2,1-2H3. The molecule has 1 heterocycles. The molecule has 0 fully saturated rings. The van der Waals surface area contributed by atoms with Crippen LogP contribution in [0, 0.1) is 11.6 Å². The molecule has 0 spiro atoms. The van der Waals surface area contributed by atoms with E-state index in [-0.39, 0.29) is 18.1 Å². The molecular formula is C21H20F2N2O2S. The lowest BCUT2D eigenvalue weighted by atomic mass is 10.1. The van der Waals surface area contributed by atoms with Crippen molar-refractivity contribution in [1.29, 1.82) is 0 Å². The van der Waals surface area contributed by atoms with Gasteiger partial charge >= 0.3 is 5.97 Å². The van der Waals surface area contributed by atoms with Gasteiger partial charge in [0.1, 0.15) is 16.6 Å². The second kappa shape index (κ2) is 9.03. The van der Waals surface area contributed by atoms with Gasteiger partial charge in [-0.3, -0.25) is 4.90 Å². The average Bonchev–Trinajstić information content (AvgIpc) is 3.18. The van der Waals surface area contributed by atoms with Crippen LogP contribution in [-0.4, -0.2) is 29.5 Å². The van der Waals surface area contributed by atoms with Gasteiger partial charge in [-0.2, -0.15) is 0 Å². The maximum Gasteiger partial charge on any atom is 0.337 e. The molecule has 0 N–H and O–H groups in total. The van der Waals surface area contributed by atoms with Gasteiger partial charge in [0.25, 0.3) is 0 Å². The summed E-state index contributed by atoms with van der Waals surface area (Å²) in [6.45, 7) is 3.24. The van der Waals surface area contributed by atoms with Gasteiger partial charge in [0.05, 0.1) is 18.4 Å². The fourth-order valence-corrected chi connectivity index (χ4v) is 3.61. The van der Waals surface area contributed by atoms with Crippen molar-refractivity contribution in [2.45, 2.75) is 20.0 Å². The third-order valence-electron chi connectivity index (χ3n) is 4.38. The number of benzene rings is 2. The Bertz CT molecular complexity index is 937. The van der Waals surface area contributed by atoms with Gasteiger partial charge in [-0.05, 0) is 30.8 Å². The van der Waals surface area contributed by atoms with E-state index < -0.39 is 11.6 Å². The minimum Gasteiger partial charge on any atom is -0.465 e. The van der Waals surface area contributed by atoms with Gasteiger partial charge in [0.15, 0.2) is 0 Å². The molecule has 0 unspecified atom stereocenters. The van der Waals surface area contributed by atoms with E-state index in [0.717, 1.165) is 16.3 Å². The molecule has 0 bridgehead atoms. The van der Waals surface area contributed by atoms with E-state index in [4.69, 9.17) is 4.74 Å². The fourth-order valence-electron chi connectivity index (χ4n) is 2.79. The number of ether oxygens (including phenoxy) is 1. The van der Waals surface area contributed by atoms with Crippen LogP contribution in [0.3, 0.4) is 0 Å². The van der Waals surface area contributed by atoms with E-state index in [1.54, 1.807) is 12.1 Å². The summed E-state index contributed by atoms with van der Waals surface area (Å²) in [6.07, 6.45) is 0. The molecule has 0 saturated carbocycles. The molecule has 0 saturated heterocycles. The summed E-state index contributed by atoms with van der Waals surface area (Å²) in [5.74, 6) is -1.46. The topological polar surface area (TPSA) is 42.4 Å². The summed E-state index contributed by atoms with van der Waals surface area (Å²) in [5.41, 5.74) is 2.27. The van der Waals surface area contributed by atoms with Crippen molar-refractivity contribution < 1.29 is 18.3 Å². The van der Waals surface area contributed by atoms with Crippen molar-refractivity contribution in [3.63, 3.8) is 0 Å². The van der Waals surface area contributed by atoms with Crippen LogP contribution in [0.2, 0.25) is 0 Å². The number of carbonyl (C=O) groups is 1. The number of aromatic nitrogens is 1. The normalized spacial score (nSPS) is 11.0. The Morgan fingerprint density at radius 1 is 1.11 bits per heavy atom. The summed E-state index contributed by atoms with van der Waals surface area (Å²) < 4.78 is 32.5. The van der Waals surface area contributed by atoms with Crippen molar-refractivity contribution in [1.82, 2.24) is 9.88 Å². The highest BCUT2D eigenvalue weighted by molar-refractivity contribution is 7.13. The van der Waals surface area contributed by atoms with Crippen LogP contribution in [0.25, 0.3) is 10.6 Å². The number of carbonyl (C=O) groups excluding carboxylic acids is 1. The van der Waals surface area contributed by atoms with Crippen molar-refractivity contribution in [3.05, 3.63) is 76.3 Å². The van der Waals surface area contributed by atoms with Crippen LogP contribution in [0.5, 0.6) is 0 Å². The minimum absolute atomic E-state index is 0.0678. The monoisotopic (exact) mass is 402 g/mol. The largest absolute Gasteiger partial charge is 0.465 e. The van der Waals surface area contributed by atoms with Crippen molar-refractivity contribution in [3.8, 4) is 10.6 Å². The summed E-state index contributed by atoms with van der Waals surface area (Å²) in [4.78, 5) is 18.1. The summed E-state index contributed by atoms with van der Waals surface area (Å²) in [6, 6.07) is 10.9. The number of halogens is 2. The van der Waals surface area contributed by atoms with Gasteiger partial charge in [-0.1, -0.05) is 25.1 Å². The molecule has 0 aliphatic heterocycles. The molecule has 2 aromatic carbocycles. The zero-order chi connectivity index (χ0) is 20.1. The molecule has 0 amide bonds. The van der Waals surface area contributed by atoms with Crippen molar-refractivity contribution in [2.24, 2.45) is 0 Å². The lowest BCUT2D eigenvalue weighted by molar-refractivity contribution is 0.0600. The Labute approximate surface area is 166 Å². The molecule has 28 heavy (non-hydrogen) atoms. The second-order valence-corrected chi connectivity index (χ2v) is 7.07. The van der Waals surface area contributed by atoms with Crippen molar-refractivity contribution in [2.75, 3.05) is 13.7 Å². The molecule has 0 atom stereocenters. The van der Waals surface area contributed by atoms with E-state index in [1.807, 2.05) is 29.3 Å². The van der Waals surface area contributed by atoms with Gasteiger partial charge in [-0.25, -0.2) is 18.6 Å². The molecular weight excluding hydrogens is 382 g/mol. The summed E-state index contributed by atoms with van der Waals surface area (Å²) in [7, 11) is 1.34. The average molecular weight is 402 g/mol. The van der Waals surface area contributed by atoms with Crippen molar-refractivity contribution >= 4 is 17.3 Å². The number of rotatable bonds is 7. The smallest absolute Gasteiger partial charge is 0.337 e. The van der Waals surface area contributed by atoms with Crippen LogP contribution in [-0.2, 0) is 17.8 Å². The van der Waals surface area contributed by atoms with Crippen LogP contribution in [0.4, 0.5) is 8.78 Å². The molecule has 0 aliphatic rings. The van der Waals surface area contributed by atoms with E-state index in [0.29, 0.717) is 18.7 Å². The molecule has 0 aliphatic carbocycles. The zero-order valence-corrected chi connectivity index (χ0v) is 16.4. The number of esters is 1. The fraction of sp³-hybridized carbons (Fsp3) is 0.238. The predicted molar refractivity (Wildman–Crippen MR) is 105 cm³/mol. The van der Waals surface area contributed by atoms with E-state index in [1.165, 1.54) is 36.6 Å². The number of methoxy groups -OCH3 is 1. The maximum atomic E-state index is 13.9. The van der Waals surface area contributed by atoms with E-state index in [2.05, 4.69) is 4.98 Å². The van der Waals surface area contributed by atoms with E-state index in [9.17, 15) is 13.6 Å². The lowest BCUT2D eigenvalue weighted by Crippen LogP contribution is -2.23. The molecule has 1 aromatic heterocycles. The van der Waals surface area contributed by atoms with Gasteiger partial charge in [-0.15, -0.1) is 11.3 Å². The van der Waals surface area contributed by atoms with Crippen LogP contribution < -0.4 is 0 Å². The molecule has 0 radical (unpaired) electrons. The Balaban J connectivity index is 1.71. The number of thiazole rings is 1. The molecule has 3 aromatic rings. The lowest BCUT2D eigenvalue weighted by Gasteiger charge is -2.20. The van der Waals surface area contributed by atoms with Gasteiger partial charge in [0.2, 0.25) is 0 Å². The molecule has 3 rings (SSSR count). The first-order valence-electron chi connectivity index (χ1n) is 8.80. The first kappa shape index (κ1) is 20.1. The zero-order valence-electron chi connectivity index (χ0n) is 15.6. The van der Waals surface area contributed by atoms with Gasteiger partial charge < -0.3 is 4.74 Å². The maximum absolute atomic E-state index is 13.9. The SMILES string of the molecule is CCN(Cc1csc(-c2ccc(C(=O)OC)cc2)n1)Cc1c(F)cccc1F. The van der Waals surface area contributed by atoms with Crippen LogP contribution in [0.15, 0.2) is 47.8 Å². The predicted octanol–water partition coefficient (Wildman–Crippen LogP) is 4.90. The first-order valence-corrected chi connectivity index (χ1v) is 9.68. The number of nitrogens with zero attached hydrogens (tertiary/aromatic N) is 2. The highest BCUT2D eigenvalue weighted by Gasteiger charge is 2.15. The second-order valence-electron chi connectivity index (χ2n) is 6.22. The van der Waals surface area contributed by atoms with Crippen LogP contribution >= 0.6 is 11.3 Å².